The van der Waals surface area contributed by atoms with Crippen LogP contribution in [0.3, 0.4) is 0 Å². The molecule has 0 saturated carbocycles. The summed E-state index contributed by atoms with van der Waals surface area (Å²) in [5.74, 6) is -0.664. The minimum atomic E-state index is -3.77. The van der Waals surface area contributed by atoms with Crippen LogP contribution in [0, 0.1) is 6.92 Å². The number of carbonyl (C=O) groups is 1. The van der Waals surface area contributed by atoms with E-state index in [0.717, 1.165) is 0 Å². The van der Waals surface area contributed by atoms with E-state index in [1.165, 1.54) is 6.08 Å². The summed E-state index contributed by atoms with van der Waals surface area (Å²) in [4.78, 5) is 16.1. The molecule has 1 N–H and O–H groups in total. The molecule has 1 aromatic carbocycles. The Balaban J connectivity index is 2.37. The molecule has 2 rings (SSSR count). The van der Waals surface area contributed by atoms with E-state index in [1.807, 2.05) is 10.8 Å². The van der Waals surface area contributed by atoms with Crippen LogP contribution in [0.5, 0.6) is 0 Å². The number of sulfonamides is 1. The molecule has 0 unspecified atom stereocenters. The second kappa shape index (κ2) is 5.92. The summed E-state index contributed by atoms with van der Waals surface area (Å²) in [5, 5.41) is 0. The third kappa shape index (κ3) is 3.57. The molecule has 0 saturated heterocycles. The first kappa shape index (κ1) is 15.0. The Morgan fingerprint density at radius 2 is 2.05 bits per heavy atom. The molecule has 1 heterocycles. The van der Waals surface area contributed by atoms with E-state index >= 15 is 0 Å². The van der Waals surface area contributed by atoms with Crippen molar-refractivity contribution in [2.75, 3.05) is 5.75 Å². The minimum absolute atomic E-state index is 0.0636. The van der Waals surface area contributed by atoms with Crippen molar-refractivity contribution in [2.24, 2.45) is 0 Å². The van der Waals surface area contributed by atoms with Crippen LogP contribution in [0.4, 0.5) is 0 Å². The molecule has 0 fully saturated rings. The van der Waals surface area contributed by atoms with Gasteiger partial charge < -0.3 is 4.42 Å². The van der Waals surface area contributed by atoms with Crippen LogP contribution in [-0.4, -0.2) is 25.1 Å². The number of amides is 1. The Kier molecular flexibility index (Phi) is 4.23. The summed E-state index contributed by atoms with van der Waals surface area (Å²) in [7, 11) is -3.77. The predicted molar refractivity (Wildman–Crippen MR) is 78.1 cm³/mol. The van der Waals surface area contributed by atoms with E-state index in [9.17, 15) is 13.2 Å². The van der Waals surface area contributed by atoms with Gasteiger partial charge in [0.25, 0.3) is 5.91 Å². The molecule has 0 aliphatic heterocycles. The van der Waals surface area contributed by atoms with Crippen molar-refractivity contribution in [1.29, 1.82) is 0 Å². The Morgan fingerprint density at radius 1 is 1.38 bits per heavy atom. The number of carbonyl (C=O) groups excluding carboxylic acids is 1. The third-order valence-electron chi connectivity index (χ3n) is 2.57. The lowest BCUT2D eigenvalue weighted by atomic mass is 10.1. The molecule has 0 bridgehead atoms. The summed E-state index contributed by atoms with van der Waals surface area (Å²) >= 11 is 0. The standard InChI is InChI=1S/C14H14N2O4S/c1-3-9-21(18,19)16-14(17)12-13(20-10(2)15-12)11-7-5-4-6-8-11/h3-8H,1,9H2,2H3,(H,16,17). The van der Waals surface area contributed by atoms with Gasteiger partial charge in [-0.15, -0.1) is 6.58 Å². The number of nitrogens with zero attached hydrogens (tertiary/aromatic N) is 1. The molecule has 0 aliphatic carbocycles. The predicted octanol–water partition coefficient (Wildman–Crippen LogP) is 1.90. The summed E-state index contributed by atoms with van der Waals surface area (Å²) in [6.07, 6.45) is 1.20. The first-order valence-corrected chi connectivity index (χ1v) is 7.77. The number of rotatable bonds is 5. The first-order chi connectivity index (χ1) is 9.93. The summed E-state index contributed by atoms with van der Waals surface area (Å²) in [5.41, 5.74) is 0.579. The van der Waals surface area contributed by atoms with Gasteiger partial charge in [-0.2, -0.15) is 0 Å². The van der Waals surface area contributed by atoms with Crippen molar-refractivity contribution in [3.63, 3.8) is 0 Å². The molecule has 7 heteroatoms. The molecular formula is C14H14N2O4S. The fourth-order valence-corrected chi connectivity index (χ4v) is 2.53. The van der Waals surface area contributed by atoms with E-state index in [1.54, 1.807) is 31.2 Å². The summed E-state index contributed by atoms with van der Waals surface area (Å²) in [6.45, 7) is 4.92. The van der Waals surface area contributed by atoms with E-state index < -0.39 is 15.9 Å². The summed E-state index contributed by atoms with van der Waals surface area (Å²) in [6, 6.07) is 8.87. The van der Waals surface area contributed by atoms with Gasteiger partial charge in [0.05, 0.1) is 5.75 Å². The Morgan fingerprint density at radius 3 is 2.67 bits per heavy atom. The van der Waals surface area contributed by atoms with E-state index in [-0.39, 0.29) is 23.1 Å². The highest BCUT2D eigenvalue weighted by atomic mass is 32.2. The van der Waals surface area contributed by atoms with Gasteiger partial charge in [0.15, 0.2) is 17.3 Å². The molecule has 1 amide bonds. The van der Waals surface area contributed by atoms with Crippen molar-refractivity contribution in [1.82, 2.24) is 9.71 Å². The van der Waals surface area contributed by atoms with Gasteiger partial charge in [0.1, 0.15) is 0 Å². The second-order valence-corrected chi connectivity index (χ2v) is 6.04. The zero-order chi connectivity index (χ0) is 15.5. The smallest absolute Gasteiger partial charge is 0.287 e. The Bertz CT molecular complexity index is 764. The molecule has 1 aromatic heterocycles. The molecule has 0 atom stereocenters. The normalized spacial score (nSPS) is 11.1. The molecule has 0 spiro atoms. The highest BCUT2D eigenvalue weighted by Gasteiger charge is 2.23. The molecule has 110 valence electrons. The lowest BCUT2D eigenvalue weighted by Gasteiger charge is -2.04. The van der Waals surface area contributed by atoms with Crippen LogP contribution in [0.2, 0.25) is 0 Å². The maximum absolute atomic E-state index is 12.1. The molecule has 0 radical (unpaired) electrons. The lowest BCUT2D eigenvalue weighted by molar-refractivity contribution is 0.0977. The molecule has 0 aliphatic rings. The van der Waals surface area contributed by atoms with Gasteiger partial charge in [-0.1, -0.05) is 36.4 Å². The Labute approximate surface area is 122 Å². The van der Waals surface area contributed by atoms with Gasteiger partial charge in [-0.05, 0) is 0 Å². The van der Waals surface area contributed by atoms with Crippen molar-refractivity contribution >= 4 is 15.9 Å². The van der Waals surface area contributed by atoms with Gasteiger partial charge in [0, 0.05) is 12.5 Å². The van der Waals surface area contributed by atoms with Crippen LogP contribution >= 0.6 is 0 Å². The average Bonchev–Trinajstić information content (AvgIpc) is 2.81. The topological polar surface area (TPSA) is 89.3 Å². The number of hydrogen-bond donors (Lipinski definition) is 1. The zero-order valence-electron chi connectivity index (χ0n) is 11.4. The molecule has 6 nitrogen and oxygen atoms in total. The number of nitrogens with one attached hydrogen (secondary N) is 1. The van der Waals surface area contributed by atoms with Crippen LogP contribution in [0.1, 0.15) is 16.4 Å². The minimum Gasteiger partial charge on any atom is -0.440 e. The van der Waals surface area contributed by atoms with E-state index in [2.05, 4.69) is 11.6 Å². The van der Waals surface area contributed by atoms with Crippen molar-refractivity contribution in [3.05, 3.63) is 54.6 Å². The van der Waals surface area contributed by atoms with E-state index in [4.69, 9.17) is 4.42 Å². The second-order valence-electron chi connectivity index (χ2n) is 4.28. The molecular weight excluding hydrogens is 292 g/mol. The molecule has 21 heavy (non-hydrogen) atoms. The van der Waals surface area contributed by atoms with Gasteiger partial charge in [0.2, 0.25) is 10.0 Å². The van der Waals surface area contributed by atoms with E-state index in [0.29, 0.717) is 5.56 Å². The average molecular weight is 306 g/mol. The third-order valence-corrected chi connectivity index (χ3v) is 3.74. The monoisotopic (exact) mass is 306 g/mol. The van der Waals surface area contributed by atoms with Gasteiger partial charge in [-0.25, -0.2) is 18.1 Å². The lowest BCUT2D eigenvalue weighted by Crippen LogP contribution is -2.32. The zero-order valence-corrected chi connectivity index (χ0v) is 12.2. The first-order valence-electron chi connectivity index (χ1n) is 6.11. The van der Waals surface area contributed by atoms with Crippen LogP contribution in [-0.2, 0) is 10.0 Å². The number of benzene rings is 1. The maximum atomic E-state index is 12.1. The number of aromatic nitrogens is 1. The van der Waals surface area contributed by atoms with Crippen LogP contribution in [0.15, 0.2) is 47.4 Å². The summed E-state index contributed by atoms with van der Waals surface area (Å²) < 4.78 is 30.6. The van der Waals surface area contributed by atoms with Crippen molar-refractivity contribution in [3.8, 4) is 11.3 Å². The van der Waals surface area contributed by atoms with Gasteiger partial charge >= 0.3 is 0 Å². The number of oxazole rings is 1. The van der Waals surface area contributed by atoms with Gasteiger partial charge in [-0.3, -0.25) is 4.79 Å². The highest BCUT2D eigenvalue weighted by molar-refractivity contribution is 7.90. The maximum Gasteiger partial charge on any atom is 0.287 e. The fraction of sp³-hybridized carbons (Fsp3) is 0.143. The van der Waals surface area contributed by atoms with Crippen LogP contribution < -0.4 is 4.72 Å². The quantitative estimate of drug-likeness (QED) is 0.852. The fourth-order valence-electron chi connectivity index (χ4n) is 1.75. The number of aryl methyl sites for hydroxylation is 1. The van der Waals surface area contributed by atoms with Crippen molar-refractivity contribution in [2.45, 2.75) is 6.92 Å². The van der Waals surface area contributed by atoms with Crippen LogP contribution in [0.25, 0.3) is 11.3 Å². The Hall–Kier alpha value is -2.41. The van der Waals surface area contributed by atoms with Crippen molar-refractivity contribution < 1.29 is 17.6 Å². The highest BCUT2D eigenvalue weighted by Crippen LogP contribution is 2.24. The number of hydrogen-bond acceptors (Lipinski definition) is 5. The largest absolute Gasteiger partial charge is 0.440 e. The molecule has 2 aromatic rings. The SMILES string of the molecule is C=CCS(=O)(=O)NC(=O)c1nc(C)oc1-c1ccccc1.